The average Bonchev–Trinajstić information content (AvgIpc) is 2.83. The molecule has 0 bridgehead atoms. The van der Waals surface area contributed by atoms with E-state index in [-0.39, 0.29) is 0 Å². The van der Waals surface area contributed by atoms with E-state index in [4.69, 9.17) is 0 Å². The van der Waals surface area contributed by atoms with Crippen molar-refractivity contribution in [3.05, 3.63) is 70.4 Å². The van der Waals surface area contributed by atoms with Gasteiger partial charge in [0.1, 0.15) is 5.69 Å². The quantitative estimate of drug-likeness (QED) is 0.638. The first kappa shape index (κ1) is 11.5. The minimum Gasteiger partial charge on any atom is -0.239 e. The van der Waals surface area contributed by atoms with E-state index < -0.39 is 0 Å². The van der Waals surface area contributed by atoms with Gasteiger partial charge in [0, 0.05) is 11.8 Å². The van der Waals surface area contributed by atoms with Crippen LogP contribution in [-0.4, -0.2) is 9.78 Å². The fourth-order valence-corrected chi connectivity index (χ4v) is 2.54. The van der Waals surface area contributed by atoms with E-state index >= 15 is 0 Å². The Kier molecular flexibility index (Phi) is 3.15. The van der Waals surface area contributed by atoms with Crippen LogP contribution >= 0.6 is 22.6 Å². The maximum Gasteiger partial charge on any atom is 0.106 e. The van der Waals surface area contributed by atoms with Crippen LogP contribution in [0.2, 0.25) is 0 Å². The van der Waals surface area contributed by atoms with Gasteiger partial charge in [-0.1, -0.05) is 48.5 Å². The number of aromatic nitrogens is 2. The summed E-state index contributed by atoms with van der Waals surface area (Å²) in [6, 6.07) is 20.4. The second-order valence-electron chi connectivity index (χ2n) is 3.97. The summed E-state index contributed by atoms with van der Waals surface area (Å²) in [5.74, 6) is 0. The maximum absolute atomic E-state index is 4.66. The Hall–Kier alpha value is -1.62. The molecule has 2 nitrogen and oxygen atoms in total. The zero-order chi connectivity index (χ0) is 12.4. The number of hydrogen-bond donors (Lipinski definition) is 0. The van der Waals surface area contributed by atoms with Crippen LogP contribution in [0.3, 0.4) is 0 Å². The molecule has 0 atom stereocenters. The minimum atomic E-state index is 1.03. The molecule has 0 saturated carbocycles. The molecule has 0 amide bonds. The molecule has 0 unspecified atom stereocenters. The molecule has 1 heterocycles. The topological polar surface area (TPSA) is 17.8 Å². The smallest absolute Gasteiger partial charge is 0.106 e. The Morgan fingerprint density at radius 3 is 2.11 bits per heavy atom. The first-order valence-electron chi connectivity index (χ1n) is 5.70. The molecule has 0 spiro atoms. The van der Waals surface area contributed by atoms with Gasteiger partial charge < -0.3 is 0 Å². The number of benzene rings is 2. The molecule has 0 aliphatic heterocycles. The normalized spacial score (nSPS) is 10.5. The zero-order valence-electron chi connectivity index (χ0n) is 9.62. The molecule has 0 radical (unpaired) electrons. The molecule has 18 heavy (non-hydrogen) atoms. The van der Waals surface area contributed by atoms with Gasteiger partial charge in [0.05, 0.1) is 9.26 Å². The Labute approximate surface area is 119 Å². The highest BCUT2D eigenvalue weighted by molar-refractivity contribution is 14.1. The molecule has 88 valence electrons. The van der Waals surface area contributed by atoms with Crippen LogP contribution in [0.4, 0.5) is 0 Å². The number of para-hydroxylation sites is 1. The van der Waals surface area contributed by atoms with Crippen molar-refractivity contribution in [2.24, 2.45) is 0 Å². The van der Waals surface area contributed by atoms with Crippen LogP contribution in [0, 0.1) is 3.57 Å². The molecule has 0 saturated heterocycles. The van der Waals surface area contributed by atoms with E-state index in [0.717, 1.165) is 20.5 Å². The lowest BCUT2D eigenvalue weighted by molar-refractivity contribution is 0.884. The van der Waals surface area contributed by atoms with Crippen LogP contribution in [0.15, 0.2) is 66.9 Å². The molecular formula is C15H11IN2. The molecule has 3 heteroatoms. The Morgan fingerprint density at radius 2 is 1.44 bits per heavy atom. The van der Waals surface area contributed by atoms with Crippen LogP contribution < -0.4 is 0 Å². The predicted octanol–water partition coefficient (Wildman–Crippen LogP) is 4.14. The molecular weight excluding hydrogens is 335 g/mol. The van der Waals surface area contributed by atoms with Gasteiger partial charge in [-0.2, -0.15) is 5.10 Å². The summed E-state index contributed by atoms with van der Waals surface area (Å²) >= 11 is 2.33. The monoisotopic (exact) mass is 346 g/mol. The average molecular weight is 346 g/mol. The zero-order valence-corrected chi connectivity index (χ0v) is 11.8. The van der Waals surface area contributed by atoms with Crippen LogP contribution in [-0.2, 0) is 0 Å². The third kappa shape index (κ3) is 2.18. The first-order valence-corrected chi connectivity index (χ1v) is 6.78. The Balaban J connectivity index is 2.07. The third-order valence-electron chi connectivity index (χ3n) is 2.74. The van der Waals surface area contributed by atoms with Crippen molar-refractivity contribution in [3.63, 3.8) is 0 Å². The van der Waals surface area contributed by atoms with E-state index in [0.29, 0.717) is 0 Å². The van der Waals surface area contributed by atoms with Gasteiger partial charge in [0.2, 0.25) is 0 Å². The van der Waals surface area contributed by atoms with Crippen LogP contribution in [0.1, 0.15) is 0 Å². The highest BCUT2D eigenvalue weighted by Gasteiger charge is 2.09. The van der Waals surface area contributed by atoms with Crippen molar-refractivity contribution in [2.75, 3.05) is 0 Å². The second kappa shape index (κ2) is 4.94. The summed E-state index contributed by atoms with van der Waals surface area (Å²) in [5.41, 5.74) is 3.26. The minimum absolute atomic E-state index is 1.03. The van der Waals surface area contributed by atoms with Crippen molar-refractivity contribution in [1.82, 2.24) is 9.78 Å². The highest BCUT2D eigenvalue weighted by Crippen LogP contribution is 2.24. The van der Waals surface area contributed by atoms with E-state index in [9.17, 15) is 0 Å². The second-order valence-corrected chi connectivity index (χ2v) is 5.13. The molecule has 2 aromatic carbocycles. The summed E-state index contributed by atoms with van der Waals surface area (Å²) in [4.78, 5) is 0. The summed E-state index contributed by atoms with van der Waals surface area (Å²) in [6.07, 6.45) is 2.05. The molecule has 0 aliphatic rings. The molecule has 3 rings (SSSR count). The van der Waals surface area contributed by atoms with Crippen molar-refractivity contribution >= 4 is 22.6 Å². The lowest BCUT2D eigenvalue weighted by Gasteiger charge is -1.99. The van der Waals surface area contributed by atoms with Gasteiger partial charge in [-0.15, -0.1) is 0 Å². The maximum atomic E-state index is 4.66. The van der Waals surface area contributed by atoms with E-state index in [1.165, 1.54) is 0 Å². The van der Waals surface area contributed by atoms with Gasteiger partial charge >= 0.3 is 0 Å². The molecule has 3 aromatic rings. The van der Waals surface area contributed by atoms with Gasteiger partial charge in [-0.25, -0.2) is 4.68 Å². The van der Waals surface area contributed by atoms with Crippen molar-refractivity contribution in [3.8, 4) is 16.9 Å². The standard InChI is InChI=1S/C15H11IN2/c16-14-11-18(13-9-5-2-6-10-13)17-15(14)12-7-3-1-4-8-12/h1-11H. The molecule has 0 fully saturated rings. The largest absolute Gasteiger partial charge is 0.239 e. The molecule has 0 N–H and O–H groups in total. The SMILES string of the molecule is Ic1cn(-c2ccccc2)nc1-c1ccccc1. The molecule has 1 aromatic heterocycles. The van der Waals surface area contributed by atoms with E-state index in [1.54, 1.807) is 0 Å². The lowest BCUT2D eigenvalue weighted by Crippen LogP contribution is -1.93. The van der Waals surface area contributed by atoms with Gasteiger partial charge in [0.15, 0.2) is 0 Å². The fraction of sp³-hybridized carbons (Fsp3) is 0. The Bertz CT molecular complexity index is 645. The highest BCUT2D eigenvalue weighted by atomic mass is 127. The van der Waals surface area contributed by atoms with Gasteiger partial charge in [-0.3, -0.25) is 0 Å². The third-order valence-corrected chi connectivity index (χ3v) is 3.53. The van der Waals surface area contributed by atoms with Gasteiger partial charge in [-0.05, 0) is 34.7 Å². The number of halogens is 1. The lowest BCUT2D eigenvalue weighted by atomic mass is 10.2. The van der Waals surface area contributed by atoms with Gasteiger partial charge in [0.25, 0.3) is 0 Å². The number of hydrogen-bond acceptors (Lipinski definition) is 1. The van der Waals surface area contributed by atoms with Crippen molar-refractivity contribution in [2.45, 2.75) is 0 Å². The number of nitrogens with zero attached hydrogens (tertiary/aromatic N) is 2. The predicted molar refractivity (Wildman–Crippen MR) is 81.7 cm³/mol. The van der Waals surface area contributed by atoms with Crippen LogP contribution in [0.5, 0.6) is 0 Å². The summed E-state index contributed by atoms with van der Waals surface area (Å²) < 4.78 is 3.08. The summed E-state index contributed by atoms with van der Waals surface area (Å²) in [6.45, 7) is 0. The van der Waals surface area contributed by atoms with E-state index in [2.05, 4.69) is 58.2 Å². The molecule has 0 aliphatic carbocycles. The summed E-state index contributed by atoms with van der Waals surface area (Å²) in [5, 5.41) is 4.66. The van der Waals surface area contributed by atoms with Crippen molar-refractivity contribution in [1.29, 1.82) is 0 Å². The van der Waals surface area contributed by atoms with Crippen molar-refractivity contribution < 1.29 is 0 Å². The first-order chi connectivity index (χ1) is 8.84. The number of rotatable bonds is 2. The van der Waals surface area contributed by atoms with Crippen LogP contribution in [0.25, 0.3) is 16.9 Å². The van der Waals surface area contributed by atoms with E-state index in [1.807, 2.05) is 41.1 Å². The summed E-state index contributed by atoms with van der Waals surface area (Å²) in [7, 11) is 0. The Morgan fingerprint density at radius 1 is 0.833 bits per heavy atom. The fourth-order valence-electron chi connectivity index (χ4n) is 1.86.